The Kier molecular flexibility index (Phi) is 8.71. The third-order valence-corrected chi connectivity index (χ3v) is 6.73. The van der Waals surface area contributed by atoms with Crippen molar-refractivity contribution in [3.63, 3.8) is 0 Å². The van der Waals surface area contributed by atoms with Crippen LogP contribution in [0.25, 0.3) is 22.5 Å². The number of alkyl halides is 6. The first-order chi connectivity index (χ1) is 19.4. The van der Waals surface area contributed by atoms with Crippen LogP contribution >= 0.6 is 12.4 Å². The van der Waals surface area contributed by atoms with E-state index < -0.39 is 23.5 Å². The van der Waals surface area contributed by atoms with Gasteiger partial charge in [0.1, 0.15) is 18.4 Å². The van der Waals surface area contributed by atoms with Crippen molar-refractivity contribution >= 4 is 18.4 Å². The van der Waals surface area contributed by atoms with Gasteiger partial charge in [-0.05, 0) is 66.4 Å². The normalized spacial score (nSPS) is 15.4. The number of nitrogens with two attached hydrogens (primary N) is 1. The summed E-state index contributed by atoms with van der Waals surface area (Å²) < 4.78 is 89.5. The minimum Gasteiger partial charge on any atom is -0.488 e. The molecule has 0 saturated carbocycles. The summed E-state index contributed by atoms with van der Waals surface area (Å²) in [7, 11) is 0. The lowest BCUT2D eigenvalue weighted by Gasteiger charge is -2.21. The van der Waals surface area contributed by atoms with Crippen molar-refractivity contribution in [2.75, 3.05) is 6.54 Å². The summed E-state index contributed by atoms with van der Waals surface area (Å²) in [5, 5.41) is 11.8. The fourth-order valence-corrected chi connectivity index (χ4v) is 4.61. The van der Waals surface area contributed by atoms with E-state index in [0.717, 1.165) is 30.7 Å². The Morgan fingerprint density at radius 2 is 1.52 bits per heavy atom. The number of nitrogens with zero attached hydrogens (tertiary/aromatic N) is 3. The smallest absolute Gasteiger partial charge is 0.416 e. The second-order valence-electron chi connectivity index (χ2n) is 9.46. The number of guanidine groups is 1. The zero-order chi connectivity index (χ0) is 29.4. The van der Waals surface area contributed by atoms with Crippen molar-refractivity contribution in [1.82, 2.24) is 15.0 Å². The molecule has 222 valence electrons. The maximum absolute atomic E-state index is 13.2. The molecule has 0 radical (unpaired) electrons. The number of ether oxygens (including phenoxy) is 1. The highest BCUT2D eigenvalue weighted by molar-refractivity contribution is 5.85. The van der Waals surface area contributed by atoms with Crippen molar-refractivity contribution < 1.29 is 35.6 Å². The number of nitrogens with one attached hydrogen (secondary N) is 1. The second-order valence-corrected chi connectivity index (χ2v) is 9.46. The third kappa shape index (κ3) is 6.62. The van der Waals surface area contributed by atoms with Crippen LogP contribution in [0.5, 0.6) is 5.75 Å². The summed E-state index contributed by atoms with van der Waals surface area (Å²) in [6.07, 6.45) is -7.51. The molecule has 1 aliphatic rings. The molecule has 42 heavy (non-hydrogen) atoms. The number of hydrogen-bond donors (Lipinski definition) is 2. The molecule has 1 aromatic heterocycles. The van der Waals surface area contributed by atoms with Crippen LogP contribution in [0.1, 0.15) is 41.5 Å². The van der Waals surface area contributed by atoms with Gasteiger partial charge >= 0.3 is 12.4 Å². The van der Waals surface area contributed by atoms with E-state index in [0.29, 0.717) is 35.2 Å². The maximum Gasteiger partial charge on any atom is 0.416 e. The number of likely N-dealkylation sites (tertiary alicyclic amines) is 1. The summed E-state index contributed by atoms with van der Waals surface area (Å²) >= 11 is 0. The zero-order valence-corrected chi connectivity index (χ0v) is 22.5. The summed E-state index contributed by atoms with van der Waals surface area (Å²) in [5.41, 5.74) is 5.83. The van der Waals surface area contributed by atoms with Gasteiger partial charge in [-0.3, -0.25) is 5.41 Å². The van der Waals surface area contributed by atoms with Gasteiger partial charge in [0.05, 0.1) is 11.1 Å². The van der Waals surface area contributed by atoms with E-state index in [1.165, 1.54) is 24.3 Å². The van der Waals surface area contributed by atoms with Gasteiger partial charge in [-0.2, -0.15) is 31.3 Å². The minimum absolute atomic E-state index is 0. The number of rotatable bonds is 6. The Morgan fingerprint density at radius 1 is 0.929 bits per heavy atom. The van der Waals surface area contributed by atoms with Crippen molar-refractivity contribution in [3.8, 4) is 28.3 Å². The Hall–Kier alpha value is -4.26. The highest BCUT2D eigenvalue weighted by atomic mass is 35.5. The first-order valence-corrected chi connectivity index (χ1v) is 12.5. The van der Waals surface area contributed by atoms with E-state index in [1.54, 1.807) is 23.1 Å². The number of halogens is 7. The molecule has 2 heterocycles. The van der Waals surface area contributed by atoms with Crippen molar-refractivity contribution in [3.05, 3.63) is 89.3 Å². The molecular formula is C28H24ClF6N5O2. The molecule has 7 nitrogen and oxygen atoms in total. The highest BCUT2D eigenvalue weighted by Crippen LogP contribution is 2.38. The van der Waals surface area contributed by atoms with Crippen molar-refractivity contribution in [2.45, 2.75) is 37.8 Å². The average Bonchev–Trinajstić information content (AvgIpc) is 3.61. The monoisotopic (exact) mass is 611 g/mol. The van der Waals surface area contributed by atoms with E-state index >= 15 is 0 Å². The second kappa shape index (κ2) is 11.9. The van der Waals surface area contributed by atoms with E-state index in [4.69, 9.17) is 20.4 Å². The first kappa shape index (κ1) is 30.7. The molecule has 3 aromatic carbocycles. The van der Waals surface area contributed by atoms with Gasteiger partial charge in [-0.1, -0.05) is 29.4 Å². The Morgan fingerprint density at radius 3 is 2.12 bits per heavy atom. The molecule has 4 aromatic rings. The Balaban J connectivity index is 0.00000405. The Labute approximate surface area is 242 Å². The summed E-state index contributed by atoms with van der Waals surface area (Å²) in [6, 6.07) is 13.5. The lowest BCUT2D eigenvalue weighted by Crippen LogP contribution is -2.35. The largest absolute Gasteiger partial charge is 0.488 e. The molecule has 0 bridgehead atoms. The predicted molar refractivity (Wildman–Crippen MR) is 144 cm³/mol. The molecule has 0 unspecified atom stereocenters. The molecule has 0 aliphatic carbocycles. The fraction of sp³-hybridized carbons (Fsp3) is 0.250. The van der Waals surface area contributed by atoms with E-state index in [-0.39, 0.29) is 48.5 Å². The SMILES string of the molecule is Cl.N=C(N)N1CCC[C@H]1c1nc(-c2ccc(OCc3ccc(C(F)(F)F)cc3)c(-c3ccc(C(F)(F)F)cc3)c2)no1. The average molecular weight is 612 g/mol. The molecule has 1 fully saturated rings. The van der Waals surface area contributed by atoms with Crippen LogP contribution in [0.2, 0.25) is 0 Å². The number of aromatic nitrogens is 2. The fourth-order valence-electron chi connectivity index (χ4n) is 4.61. The lowest BCUT2D eigenvalue weighted by atomic mass is 10.00. The lowest BCUT2D eigenvalue weighted by molar-refractivity contribution is -0.138. The summed E-state index contributed by atoms with van der Waals surface area (Å²) in [4.78, 5) is 6.13. The molecule has 0 spiro atoms. The van der Waals surface area contributed by atoms with Crippen LogP contribution < -0.4 is 10.5 Å². The van der Waals surface area contributed by atoms with Crippen LogP contribution in [-0.4, -0.2) is 27.5 Å². The molecule has 0 amide bonds. The number of benzene rings is 3. The third-order valence-electron chi connectivity index (χ3n) is 6.73. The van der Waals surface area contributed by atoms with Crippen LogP contribution in [0, 0.1) is 5.41 Å². The minimum atomic E-state index is -4.52. The summed E-state index contributed by atoms with van der Waals surface area (Å²) in [5.74, 6) is 0.686. The van der Waals surface area contributed by atoms with Gasteiger partial charge in [-0.15, -0.1) is 12.4 Å². The molecule has 14 heteroatoms. The van der Waals surface area contributed by atoms with Gasteiger partial charge in [0.25, 0.3) is 0 Å². The topological polar surface area (TPSA) is 101 Å². The van der Waals surface area contributed by atoms with Crippen LogP contribution in [0.4, 0.5) is 26.3 Å². The molecule has 1 aliphatic heterocycles. The Bertz CT molecular complexity index is 1540. The van der Waals surface area contributed by atoms with Crippen LogP contribution in [0.3, 0.4) is 0 Å². The quantitative estimate of drug-likeness (QED) is 0.133. The maximum atomic E-state index is 13.2. The molecule has 1 atom stereocenters. The van der Waals surface area contributed by atoms with Gasteiger partial charge in [0.15, 0.2) is 5.96 Å². The molecule has 5 rings (SSSR count). The van der Waals surface area contributed by atoms with Crippen LogP contribution in [-0.2, 0) is 19.0 Å². The van der Waals surface area contributed by atoms with Gasteiger partial charge < -0.3 is 19.9 Å². The van der Waals surface area contributed by atoms with E-state index in [1.807, 2.05) is 0 Å². The van der Waals surface area contributed by atoms with Gasteiger partial charge in [-0.25, -0.2) is 0 Å². The van der Waals surface area contributed by atoms with Crippen molar-refractivity contribution in [2.24, 2.45) is 5.73 Å². The predicted octanol–water partition coefficient (Wildman–Crippen LogP) is 7.47. The van der Waals surface area contributed by atoms with Gasteiger partial charge in [0.2, 0.25) is 11.7 Å². The van der Waals surface area contributed by atoms with E-state index in [9.17, 15) is 26.3 Å². The zero-order valence-electron chi connectivity index (χ0n) is 21.7. The van der Waals surface area contributed by atoms with Crippen molar-refractivity contribution in [1.29, 1.82) is 5.41 Å². The van der Waals surface area contributed by atoms with E-state index in [2.05, 4.69) is 10.1 Å². The first-order valence-electron chi connectivity index (χ1n) is 12.5. The highest BCUT2D eigenvalue weighted by Gasteiger charge is 2.33. The van der Waals surface area contributed by atoms with Gasteiger partial charge in [0, 0.05) is 17.7 Å². The molecular weight excluding hydrogens is 588 g/mol. The standard InChI is InChI=1S/C28H23F6N5O2.ClH/c29-27(30,31)19-8-3-16(4-9-19)15-40-23-12-7-18(14-21(23)17-5-10-20(11-6-17)28(32,33)34)24-37-25(41-38-24)22-2-1-13-39(22)26(35)36;/h3-12,14,22H,1-2,13,15H2,(H3,35,36);1H/t22-;/m0./s1. The van der Waals surface area contributed by atoms with Crippen LogP contribution in [0.15, 0.2) is 71.3 Å². The number of hydrogen-bond acceptors (Lipinski definition) is 5. The molecule has 1 saturated heterocycles. The summed E-state index contributed by atoms with van der Waals surface area (Å²) in [6.45, 7) is 0.501. The molecule has 3 N–H and O–H groups in total.